The van der Waals surface area contributed by atoms with Crippen molar-refractivity contribution in [3.8, 4) is 0 Å². The molecule has 0 aromatic carbocycles. The molecule has 3 nitrogen and oxygen atoms in total. The third-order valence-electron chi connectivity index (χ3n) is 1.44. The number of rotatable bonds is 5. The zero-order valence-electron chi connectivity index (χ0n) is 6.92. The van der Waals surface area contributed by atoms with E-state index in [0.29, 0.717) is 13.0 Å². The van der Waals surface area contributed by atoms with Gasteiger partial charge in [-0.25, -0.2) is 0 Å². The molecule has 0 aliphatic carbocycles. The molecule has 0 saturated carbocycles. The fourth-order valence-electron chi connectivity index (χ4n) is 0.861. The zero-order valence-corrected chi connectivity index (χ0v) is 8.49. The second-order valence-corrected chi connectivity index (χ2v) is 4.24. The number of carboxylic acids is 1. The van der Waals surface area contributed by atoms with Crippen LogP contribution in [0.3, 0.4) is 0 Å². The molecular formula is C8H10ClNO2S. The molecule has 2 N–H and O–H groups in total. The Hall–Kier alpha value is -0.740. The summed E-state index contributed by atoms with van der Waals surface area (Å²) < 4.78 is 0.737. The van der Waals surface area contributed by atoms with Crippen LogP contribution in [0.5, 0.6) is 0 Å². The Morgan fingerprint density at radius 3 is 2.92 bits per heavy atom. The van der Waals surface area contributed by atoms with Crippen LogP contribution < -0.4 is 5.32 Å². The molecule has 13 heavy (non-hydrogen) atoms. The van der Waals surface area contributed by atoms with E-state index in [1.54, 1.807) is 0 Å². The van der Waals surface area contributed by atoms with E-state index in [9.17, 15) is 4.79 Å². The van der Waals surface area contributed by atoms with Gasteiger partial charge in [-0.3, -0.25) is 4.79 Å². The number of hydrogen-bond donors (Lipinski definition) is 2. The molecular weight excluding hydrogens is 210 g/mol. The summed E-state index contributed by atoms with van der Waals surface area (Å²) >= 11 is 7.16. The van der Waals surface area contributed by atoms with E-state index in [2.05, 4.69) is 5.32 Å². The Morgan fingerprint density at radius 2 is 2.38 bits per heavy atom. The van der Waals surface area contributed by atoms with Crippen LogP contribution in [0.25, 0.3) is 0 Å². The van der Waals surface area contributed by atoms with Crippen molar-refractivity contribution < 1.29 is 9.90 Å². The summed E-state index contributed by atoms with van der Waals surface area (Å²) in [6, 6.07) is 3.69. The van der Waals surface area contributed by atoms with Gasteiger partial charge in [0.1, 0.15) is 0 Å². The number of nitrogens with one attached hydrogen (secondary N) is 1. The van der Waals surface area contributed by atoms with Gasteiger partial charge in [-0.2, -0.15) is 0 Å². The van der Waals surface area contributed by atoms with Gasteiger partial charge in [0.25, 0.3) is 0 Å². The van der Waals surface area contributed by atoms with Gasteiger partial charge in [0, 0.05) is 13.0 Å². The maximum Gasteiger partial charge on any atom is 0.303 e. The minimum Gasteiger partial charge on any atom is -0.481 e. The summed E-state index contributed by atoms with van der Waals surface area (Å²) in [5.41, 5.74) is 0. The summed E-state index contributed by atoms with van der Waals surface area (Å²) in [6.45, 7) is 0.670. The summed E-state index contributed by atoms with van der Waals surface area (Å²) in [5, 5.41) is 12.4. The fraction of sp³-hybridized carbons (Fsp3) is 0.375. The number of carboxylic acid groups (broad SMARTS) is 1. The molecule has 1 aromatic heterocycles. The number of halogens is 1. The smallest absolute Gasteiger partial charge is 0.303 e. The second kappa shape index (κ2) is 5.09. The van der Waals surface area contributed by atoms with Gasteiger partial charge in [0.15, 0.2) is 0 Å². The van der Waals surface area contributed by atoms with E-state index in [4.69, 9.17) is 16.7 Å². The lowest BCUT2D eigenvalue weighted by molar-refractivity contribution is -0.137. The molecule has 0 bridgehead atoms. The summed E-state index contributed by atoms with van der Waals surface area (Å²) in [7, 11) is 0. The molecule has 0 spiro atoms. The molecule has 0 atom stereocenters. The third-order valence-corrected chi connectivity index (χ3v) is 2.63. The van der Waals surface area contributed by atoms with Crippen molar-refractivity contribution in [1.29, 1.82) is 0 Å². The van der Waals surface area contributed by atoms with Crippen molar-refractivity contribution in [2.24, 2.45) is 0 Å². The predicted octanol–water partition coefficient (Wildman–Crippen LogP) is 2.68. The highest BCUT2D eigenvalue weighted by atomic mass is 35.5. The van der Waals surface area contributed by atoms with Gasteiger partial charge in [0.2, 0.25) is 0 Å². The SMILES string of the molecule is O=C(O)CCCNc1ccc(Cl)s1. The van der Waals surface area contributed by atoms with Crippen LogP contribution in [-0.2, 0) is 4.79 Å². The fourth-order valence-corrected chi connectivity index (χ4v) is 1.83. The molecule has 0 unspecified atom stereocenters. The lowest BCUT2D eigenvalue weighted by Crippen LogP contribution is -2.03. The molecule has 1 rings (SSSR count). The highest BCUT2D eigenvalue weighted by molar-refractivity contribution is 7.19. The van der Waals surface area contributed by atoms with E-state index in [0.717, 1.165) is 9.34 Å². The van der Waals surface area contributed by atoms with Gasteiger partial charge >= 0.3 is 5.97 Å². The molecule has 0 aliphatic heterocycles. The highest BCUT2D eigenvalue weighted by Crippen LogP contribution is 2.25. The van der Waals surface area contributed by atoms with E-state index in [-0.39, 0.29) is 6.42 Å². The van der Waals surface area contributed by atoms with Crippen molar-refractivity contribution in [2.45, 2.75) is 12.8 Å². The zero-order chi connectivity index (χ0) is 9.68. The standard InChI is InChI=1S/C8H10ClNO2S/c9-6-3-4-7(13-6)10-5-1-2-8(11)12/h3-4,10H,1-2,5H2,(H,11,12). The van der Waals surface area contributed by atoms with E-state index >= 15 is 0 Å². The number of anilines is 1. The van der Waals surface area contributed by atoms with Crippen LogP contribution in [0, 0.1) is 0 Å². The number of hydrogen-bond acceptors (Lipinski definition) is 3. The minimum atomic E-state index is -0.758. The molecule has 5 heteroatoms. The molecule has 0 amide bonds. The van der Waals surface area contributed by atoms with Crippen LogP contribution in [0.4, 0.5) is 5.00 Å². The van der Waals surface area contributed by atoms with Crippen LogP contribution in [0.2, 0.25) is 4.34 Å². The van der Waals surface area contributed by atoms with Gasteiger partial charge in [-0.15, -0.1) is 11.3 Å². The van der Waals surface area contributed by atoms with Gasteiger partial charge in [-0.1, -0.05) is 11.6 Å². The maximum absolute atomic E-state index is 10.2. The average Bonchev–Trinajstić information content (AvgIpc) is 2.45. The second-order valence-electron chi connectivity index (χ2n) is 2.53. The molecule has 0 aliphatic rings. The lowest BCUT2D eigenvalue weighted by Gasteiger charge is -2.00. The first kappa shape index (κ1) is 10.3. The molecule has 1 heterocycles. The van der Waals surface area contributed by atoms with Crippen LogP contribution in [-0.4, -0.2) is 17.6 Å². The minimum absolute atomic E-state index is 0.201. The van der Waals surface area contributed by atoms with E-state index < -0.39 is 5.97 Å². The van der Waals surface area contributed by atoms with Crippen molar-refractivity contribution >= 4 is 33.9 Å². The highest BCUT2D eigenvalue weighted by Gasteiger charge is 1.98. The Kier molecular flexibility index (Phi) is 4.05. The molecule has 0 saturated heterocycles. The first-order valence-electron chi connectivity index (χ1n) is 3.89. The summed E-state index contributed by atoms with van der Waals surface area (Å²) in [4.78, 5) is 10.2. The van der Waals surface area contributed by atoms with Crippen molar-refractivity contribution in [3.63, 3.8) is 0 Å². The van der Waals surface area contributed by atoms with Gasteiger partial charge in [-0.05, 0) is 18.6 Å². The number of aliphatic carboxylic acids is 1. The monoisotopic (exact) mass is 219 g/mol. The number of carbonyl (C=O) groups is 1. The first-order valence-corrected chi connectivity index (χ1v) is 5.09. The van der Waals surface area contributed by atoms with Crippen molar-refractivity contribution in [3.05, 3.63) is 16.5 Å². The normalized spacial score (nSPS) is 9.92. The van der Waals surface area contributed by atoms with Crippen molar-refractivity contribution in [1.82, 2.24) is 0 Å². The summed E-state index contributed by atoms with van der Waals surface area (Å²) in [6.07, 6.45) is 0.830. The topological polar surface area (TPSA) is 49.3 Å². The van der Waals surface area contributed by atoms with E-state index in [1.807, 2.05) is 12.1 Å². The predicted molar refractivity (Wildman–Crippen MR) is 54.7 cm³/mol. The Labute approximate surface area is 85.3 Å². The van der Waals surface area contributed by atoms with Crippen LogP contribution >= 0.6 is 22.9 Å². The molecule has 0 radical (unpaired) electrons. The van der Waals surface area contributed by atoms with Gasteiger partial charge < -0.3 is 10.4 Å². The first-order chi connectivity index (χ1) is 6.18. The molecule has 0 fully saturated rings. The van der Waals surface area contributed by atoms with Crippen LogP contribution in [0.1, 0.15) is 12.8 Å². The number of thiophene rings is 1. The largest absolute Gasteiger partial charge is 0.481 e. The Balaban J connectivity index is 2.16. The lowest BCUT2D eigenvalue weighted by atomic mass is 10.3. The molecule has 1 aromatic rings. The van der Waals surface area contributed by atoms with E-state index in [1.165, 1.54) is 11.3 Å². The van der Waals surface area contributed by atoms with Crippen molar-refractivity contribution in [2.75, 3.05) is 11.9 Å². The molecule has 72 valence electrons. The maximum atomic E-state index is 10.2. The van der Waals surface area contributed by atoms with Crippen LogP contribution in [0.15, 0.2) is 12.1 Å². The average molecular weight is 220 g/mol. The quantitative estimate of drug-likeness (QED) is 0.749. The van der Waals surface area contributed by atoms with Gasteiger partial charge in [0.05, 0.1) is 9.34 Å². The Morgan fingerprint density at radius 1 is 1.62 bits per heavy atom. The summed E-state index contributed by atoms with van der Waals surface area (Å²) in [5.74, 6) is -0.758. The third kappa shape index (κ3) is 4.15. The Bertz CT molecular complexity index is 287.